The first kappa shape index (κ1) is 17.3. The summed E-state index contributed by atoms with van der Waals surface area (Å²) in [7, 11) is 0. The topological polar surface area (TPSA) is 58.9 Å². The third-order valence-electron chi connectivity index (χ3n) is 5.24. The number of fused-ring (bicyclic) bond motifs is 1. The Morgan fingerprint density at radius 3 is 1.57 bits per heavy atom. The number of nitroso groups, excluding NO2 is 2. The standard InChI is InChI=1S/C19H24N2O2/c1-18(2,3)19(4,5)17-15(11-20-22)13-9-7-6-8-10-14(13)16(17)12-21-23/h6-10H,11-12H2,1-5H3. The van der Waals surface area contributed by atoms with Gasteiger partial charge in [0.15, 0.2) is 0 Å². The molecule has 0 unspecified atom stereocenters. The summed E-state index contributed by atoms with van der Waals surface area (Å²) in [4.78, 5) is 22.1. The fourth-order valence-electron chi connectivity index (χ4n) is 3.11. The summed E-state index contributed by atoms with van der Waals surface area (Å²) in [5.74, 6) is 0. The monoisotopic (exact) mass is 312 g/mol. The van der Waals surface area contributed by atoms with Crippen LogP contribution in [0, 0.1) is 15.2 Å². The van der Waals surface area contributed by atoms with E-state index in [4.69, 9.17) is 0 Å². The summed E-state index contributed by atoms with van der Waals surface area (Å²) in [5, 5.41) is 6.29. The Bertz CT molecular complexity index is 655. The molecule has 0 aromatic carbocycles. The van der Waals surface area contributed by atoms with Gasteiger partial charge in [0.25, 0.3) is 0 Å². The molecular weight excluding hydrogens is 288 g/mol. The number of rotatable bonds is 5. The van der Waals surface area contributed by atoms with Crippen molar-refractivity contribution < 1.29 is 0 Å². The minimum atomic E-state index is -0.232. The van der Waals surface area contributed by atoms with Gasteiger partial charge >= 0.3 is 0 Å². The van der Waals surface area contributed by atoms with Crippen LogP contribution in [0.4, 0.5) is 0 Å². The molecule has 0 atom stereocenters. The van der Waals surface area contributed by atoms with E-state index in [1.807, 2.05) is 30.3 Å². The van der Waals surface area contributed by atoms with Crippen LogP contribution >= 0.6 is 0 Å². The van der Waals surface area contributed by atoms with E-state index >= 15 is 0 Å². The Hall–Kier alpha value is -2.10. The van der Waals surface area contributed by atoms with Gasteiger partial charge in [-0.15, -0.1) is 0 Å². The lowest BCUT2D eigenvalue weighted by atomic mass is 9.64. The maximum absolute atomic E-state index is 11.1. The molecule has 0 aliphatic heterocycles. The summed E-state index contributed by atoms with van der Waals surface area (Å²) < 4.78 is 0. The molecule has 0 bridgehead atoms. The highest BCUT2D eigenvalue weighted by Crippen LogP contribution is 2.49. The Kier molecular flexibility index (Phi) is 4.64. The molecule has 122 valence electrons. The maximum atomic E-state index is 11.1. The number of hydrogen-bond acceptors (Lipinski definition) is 4. The van der Waals surface area contributed by atoms with E-state index in [1.165, 1.54) is 0 Å². The van der Waals surface area contributed by atoms with Gasteiger partial charge in [0.05, 0.1) is 0 Å². The summed E-state index contributed by atoms with van der Waals surface area (Å²) in [6.07, 6.45) is 0. The van der Waals surface area contributed by atoms with Crippen LogP contribution < -0.4 is 0 Å². The molecule has 0 aromatic rings. The van der Waals surface area contributed by atoms with Crippen LogP contribution in [0.25, 0.3) is 11.1 Å². The molecule has 0 aromatic heterocycles. The lowest BCUT2D eigenvalue weighted by molar-refractivity contribution is 0.223. The fourth-order valence-corrected chi connectivity index (χ4v) is 3.11. The molecule has 0 heterocycles. The predicted octanol–water partition coefficient (Wildman–Crippen LogP) is 5.65. The molecule has 0 fully saturated rings. The zero-order chi connectivity index (χ0) is 17.3. The lowest BCUT2D eigenvalue weighted by Crippen LogP contribution is -2.35. The maximum Gasteiger partial charge on any atom is 0.107 e. The smallest absolute Gasteiger partial charge is 0.107 e. The van der Waals surface area contributed by atoms with Gasteiger partial charge in [-0.05, 0) is 38.6 Å². The van der Waals surface area contributed by atoms with Crippen LogP contribution in [0.15, 0.2) is 40.7 Å². The molecule has 0 radical (unpaired) electrons. The highest BCUT2D eigenvalue weighted by Gasteiger charge is 2.40. The van der Waals surface area contributed by atoms with Crippen molar-refractivity contribution in [2.75, 3.05) is 0 Å². The molecular formula is C19H24N2O2. The molecule has 4 nitrogen and oxygen atoms in total. The van der Waals surface area contributed by atoms with Gasteiger partial charge in [-0.2, -0.15) is 9.81 Å². The van der Waals surface area contributed by atoms with Crippen LogP contribution in [0.3, 0.4) is 0 Å². The first-order chi connectivity index (χ1) is 10.8. The van der Waals surface area contributed by atoms with Gasteiger partial charge in [0.2, 0.25) is 0 Å². The molecule has 2 aliphatic rings. The first-order valence-corrected chi connectivity index (χ1v) is 7.87. The van der Waals surface area contributed by atoms with Crippen molar-refractivity contribution in [1.82, 2.24) is 0 Å². The lowest BCUT2D eigenvalue weighted by Gasteiger charge is -2.40. The van der Waals surface area contributed by atoms with E-state index in [0.29, 0.717) is 0 Å². The van der Waals surface area contributed by atoms with Gasteiger partial charge in [-0.3, -0.25) is 0 Å². The zero-order valence-corrected chi connectivity index (χ0v) is 14.5. The molecule has 0 spiro atoms. The van der Waals surface area contributed by atoms with Crippen molar-refractivity contribution in [2.24, 2.45) is 15.8 Å². The second-order valence-electron chi connectivity index (χ2n) is 7.52. The molecule has 0 amide bonds. The Morgan fingerprint density at radius 2 is 1.22 bits per heavy atom. The normalized spacial score (nSPS) is 12.4. The molecule has 4 heteroatoms. The number of hydrogen-bond donors (Lipinski definition) is 0. The first-order valence-electron chi connectivity index (χ1n) is 7.87. The van der Waals surface area contributed by atoms with Gasteiger partial charge in [0.1, 0.15) is 13.1 Å². The van der Waals surface area contributed by atoms with Gasteiger partial charge < -0.3 is 0 Å². The summed E-state index contributed by atoms with van der Waals surface area (Å²) in [5.41, 5.74) is 4.58. The molecule has 0 saturated heterocycles. The van der Waals surface area contributed by atoms with Crippen LogP contribution in [-0.2, 0) is 18.5 Å². The summed E-state index contributed by atoms with van der Waals surface area (Å²) >= 11 is 0. The Balaban J connectivity index is 2.92. The Morgan fingerprint density at radius 1 is 0.783 bits per heavy atom. The van der Waals surface area contributed by atoms with Crippen molar-refractivity contribution in [3.63, 3.8) is 0 Å². The molecule has 23 heavy (non-hydrogen) atoms. The molecule has 0 N–H and O–H groups in total. The van der Waals surface area contributed by atoms with E-state index in [-0.39, 0.29) is 23.9 Å². The average Bonchev–Trinajstić information content (AvgIpc) is 2.62. The van der Waals surface area contributed by atoms with Crippen molar-refractivity contribution in [2.45, 2.75) is 53.1 Å². The van der Waals surface area contributed by atoms with Crippen molar-refractivity contribution in [3.8, 4) is 11.1 Å². The fraction of sp³-hybridized carbons (Fsp3) is 0.474. The minimum absolute atomic E-state index is 0.0468. The highest BCUT2D eigenvalue weighted by molar-refractivity contribution is 5.79. The van der Waals surface area contributed by atoms with Crippen molar-refractivity contribution >= 4 is 0 Å². The van der Waals surface area contributed by atoms with E-state index in [1.54, 1.807) is 0 Å². The highest BCUT2D eigenvalue weighted by atomic mass is 16.3. The van der Waals surface area contributed by atoms with E-state index < -0.39 is 0 Å². The second kappa shape index (κ2) is 6.19. The quantitative estimate of drug-likeness (QED) is 0.670. The average molecular weight is 312 g/mol. The predicted molar refractivity (Wildman–Crippen MR) is 94.5 cm³/mol. The summed E-state index contributed by atoms with van der Waals surface area (Å²) in [6.45, 7) is 11.0. The van der Waals surface area contributed by atoms with E-state index in [9.17, 15) is 9.81 Å². The second-order valence-corrected chi connectivity index (χ2v) is 7.52. The molecule has 2 aliphatic carbocycles. The Labute approximate surface area is 137 Å². The zero-order valence-electron chi connectivity index (χ0n) is 14.5. The van der Waals surface area contributed by atoms with Crippen LogP contribution in [0.2, 0.25) is 0 Å². The third kappa shape index (κ3) is 2.90. The molecule has 2 rings (SSSR count). The van der Waals surface area contributed by atoms with Crippen molar-refractivity contribution in [3.05, 3.63) is 56.8 Å². The van der Waals surface area contributed by atoms with Crippen LogP contribution in [0.5, 0.6) is 0 Å². The van der Waals surface area contributed by atoms with Crippen molar-refractivity contribution in [1.29, 1.82) is 0 Å². The van der Waals surface area contributed by atoms with Crippen LogP contribution in [0.1, 0.15) is 51.3 Å². The van der Waals surface area contributed by atoms with Gasteiger partial charge in [0, 0.05) is 0 Å². The van der Waals surface area contributed by atoms with E-state index in [2.05, 4.69) is 45.0 Å². The van der Waals surface area contributed by atoms with Gasteiger partial charge in [-0.1, -0.05) is 75.3 Å². The van der Waals surface area contributed by atoms with Gasteiger partial charge in [-0.25, -0.2) is 0 Å². The minimum Gasteiger partial charge on any atom is -0.150 e. The molecule has 0 saturated carbocycles. The van der Waals surface area contributed by atoms with E-state index in [0.717, 1.165) is 27.8 Å². The summed E-state index contributed by atoms with van der Waals surface area (Å²) in [6, 6.07) is 9.81. The largest absolute Gasteiger partial charge is 0.150 e. The SMILES string of the molecule is CC(C)(C)C(C)(C)c1c(CN=O)c2cccccc-2c1CN=O. The van der Waals surface area contributed by atoms with Crippen LogP contribution in [-0.4, -0.2) is 0 Å². The number of nitrogens with zero attached hydrogens (tertiary/aromatic N) is 2. The third-order valence-corrected chi connectivity index (χ3v) is 5.24.